The molecule has 0 saturated heterocycles. The molecule has 1 aliphatic rings. The van der Waals surface area contributed by atoms with Crippen molar-refractivity contribution in [3.05, 3.63) is 106 Å². The van der Waals surface area contributed by atoms with Crippen molar-refractivity contribution < 1.29 is 49.4 Å². The first-order valence-corrected chi connectivity index (χ1v) is 22.7. The van der Waals surface area contributed by atoms with Gasteiger partial charge in [-0.2, -0.15) is 8.78 Å². The zero-order valence-corrected chi connectivity index (χ0v) is 38.3. The summed E-state index contributed by atoms with van der Waals surface area (Å²) in [5.41, 5.74) is 3.38. The Balaban J connectivity index is 1.71. The number of rotatable bonds is 21. The second kappa shape index (κ2) is 20.9. The second-order valence-electron chi connectivity index (χ2n) is 16.6. The average Bonchev–Trinajstić information content (AvgIpc) is 3.23. The van der Waals surface area contributed by atoms with Gasteiger partial charge in [-0.25, -0.2) is 31.3 Å². The Labute approximate surface area is 367 Å². The highest BCUT2D eigenvalue weighted by molar-refractivity contribution is 7.88. The Hall–Kier alpha value is -5.29. The van der Waals surface area contributed by atoms with Crippen LogP contribution in [-0.4, -0.2) is 64.5 Å². The monoisotopic (exact) mass is 903 g/mol. The van der Waals surface area contributed by atoms with Crippen LogP contribution >= 0.6 is 0 Å². The number of hydrogen-bond acceptors (Lipinski definition) is 9. The lowest BCUT2D eigenvalue weighted by Gasteiger charge is -2.31. The number of aryl methyl sites for hydroxylation is 1. The minimum Gasteiger partial charge on any atom is -0.480 e. The molecule has 1 unspecified atom stereocenters. The topological polar surface area (TPSA) is 138 Å². The maximum atomic E-state index is 14.3. The summed E-state index contributed by atoms with van der Waals surface area (Å²) >= 11 is 0. The minimum atomic E-state index is -3.39. The van der Waals surface area contributed by atoms with Gasteiger partial charge < -0.3 is 25.0 Å². The second-order valence-corrected chi connectivity index (χ2v) is 18.5. The van der Waals surface area contributed by atoms with E-state index in [2.05, 4.69) is 63.0 Å². The number of nitrogens with zero attached hydrogens (tertiary/aromatic N) is 2. The molecule has 0 radical (unpaired) electrons. The minimum absolute atomic E-state index is 0.000558. The first kappa shape index (κ1) is 50.4. The summed E-state index contributed by atoms with van der Waals surface area (Å²) in [6, 6.07) is 11.4. The van der Waals surface area contributed by atoms with E-state index >= 15 is 0 Å². The quantitative estimate of drug-likeness (QED) is 0.0317. The van der Waals surface area contributed by atoms with E-state index in [1.165, 1.54) is 6.08 Å². The van der Waals surface area contributed by atoms with Crippen molar-refractivity contribution in [2.24, 2.45) is 4.99 Å². The van der Waals surface area contributed by atoms with Crippen LogP contribution in [0.3, 0.4) is 0 Å². The van der Waals surface area contributed by atoms with Gasteiger partial charge in [0.05, 0.1) is 29.0 Å². The molecule has 17 heteroatoms. The molecule has 0 saturated carbocycles. The van der Waals surface area contributed by atoms with Crippen molar-refractivity contribution in [1.29, 1.82) is 0 Å². The lowest BCUT2D eigenvalue weighted by atomic mass is 9.76. The number of anilines is 1. The van der Waals surface area contributed by atoms with Crippen molar-refractivity contribution in [3.63, 3.8) is 0 Å². The van der Waals surface area contributed by atoms with E-state index < -0.39 is 69.4 Å². The van der Waals surface area contributed by atoms with Crippen LogP contribution in [0, 0.1) is 36.0 Å². The fourth-order valence-electron chi connectivity index (χ4n) is 6.57. The van der Waals surface area contributed by atoms with Crippen LogP contribution in [0.5, 0.6) is 11.5 Å². The molecule has 344 valence electrons. The maximum Gasteiger partial charge on any atom is 0.265 e. The summed E-state index contributed by atoms with van der Waals surface area (Å²) < 4.78 is 107. The van der Waals surface area contributed by atoms with Gasteiger partial charge >= 0.3 is 0 Å². The van der Waals surface area contributed by atoms with Gasteiger partial charge in [0.25, 0.3) is 5.91 Å². The molecule has 0 heterocycles. The third kappa shape index (κ3) is 12.5. The highest BCUT2D eigenvalue weighted by Gasteiger charge is 2.31. The highest BCUT2D eigenvalue weighted by Crippen LogP contribution is 2.39. The molecule has 0 aromatic heterocycles. The smallest absolute Gasteiger partial charge is 0.265 e. The molecule has 0 spiro atoms. The van der Waals surface area contributed by atoms with E-state index in [9.17, 15) is 40.0 Å². The number of carbonyl (C=O) groups is 2. The SMILES string of the molecule is CCCC(Oc1ccc(C(C)(C)CC)cc1C(C)(C)CC)C(=O)NC1=CC(=O)C(NCOc2c(F)c(F)c(F)c(F)c2F)=CC1=Nc1ccc(N(CC)CCNS(C)(=O)=O)cc1C. The zero-order chi connectivity index (χ0) is 47.0. The van der Waals surface area contributed by atoms with Crippen LogP contribution in [-0.2, 0) is 30.4 Å². The van der Waals surface area contributed by atoms with Crippen LogP contribution in [0.2, 0.25) is 0 Å². The number of hydrogen-bond donors (Lipinski definition) is 3. The van der Waals surface area contributed by atoms with Crippen molar-refractivity contribution >= 4 is 38.8 Å². The van der Waals surface area contributed by atoms with E-state index in [1.54, 1.807) is 19.1 Å². The van der Waals surface area contributed by atoms with Gasteiger partial charge in [-0.3, -0.25) is 9.59 Å². The van der Waals surface area contributed by atoms with Crippen LogP contribution in [0.15, 0.2) is 64.9 Å². The molecule has 0 bridgehead atoms. The van der Waals surface area contributed by atoms with Gasteiger partial charge in [0.1, 0.15) is 5.75 Å². The number of allylic oxidation sites excluding steroid dienone is 2. The first-order chi connectivity index (χ1) is 29.5. The van der Waals surface area contributed by atoms with Crippen LogP contribution in [0.4, 0.5) is 33.3 Å². The number of amides is 1. The lowest BCUT2D eigenvalue weighted by Crippen LogP contribution is -2.41. The largest absolute Gasteiger partial charge is 0.480 e. The van der Waals surface area contributed by atoms with Crippen molar-refractivity contribution in [1.82, 2.24) is 15.4 Å². The van der Waals surface area contributed by atoms with Crippen LogP contribution in [0.1, 0.15) is 97.8 Å². The van der Waals surface area contributed by atoms with Crippen molar-refractivity contribution in [2.75, 3.05) is 37.5 Å². The summed E-state index contributed by atoms with van der Waals surface area (Å²) in [6.45, 7) is 18.6. The normalized spacial score (nSPS) is 14.6. The van der Waals surface area contributed by atoms with E-state index in [4.69, 9.17) is 14.5 Å². The average molecular weight is 904 g/mol. The number of ether oxygens (including phenoxy) is 2. The summed E-state index contributed by atoms with van der Waals surface area (Å²) in [7, 11) is -3.39. The molecule has 0 fully saturated rings. The lowest BCUT2D eigenvalue weighted by molar-refractivity contribution is -0.127. The van der Waals surface area contributed by atoms with Crippen molar-refractivity contribution in [2.45, 2.75) is 105 Å². The van der Waals surface area contributed by atoms with E-state index in [0.717, 1.165) is 42.0 Å². The van der Waals surface area contributed by atoms with Gasteiger partial charge in [0, 0.05) is 37.0 Å². The standard InChI is InChI=1S/C46H58F5N5O6S/c1-11-15-37(62-36-19-16-28(45(6,7)12-2)23-30(36)46(8,9)13-3)44(58)55-33-25-35(57)34(52-26-61-43-41(50)39(48)38(47)40(49)42(43)51)24-32(33)54-31-18-17-29(22-27(31)5)56(14-4)21-20-53-63(10,59)60/h16-19,22-25,37,52-53H,11-15,20-21,26H2,1-10H3,(H,55,58). The third-order valence-corrected chi connectivity index (χ3v) is 12.0. The predicted octanol–water partition coefficient (Wildman–Crippen LogP) is 8.85. The molecule has 3 aromatic rings. The van der Waals surface area contributed by atoms with E-state index in [0.29, 0.717) is 42.9 Å². The molecule has 0 aliphatic heterocycles. The molecule has 1 amide bonds. The number of aliphatic imine (C=N–C) groups is 1. The Kier molecular flexibility index (Phi) is 16.7. The molecule has 3 aromatic carbocycles. The fourth-order valence-corrected chi connectivity index (χ4v) is 7.04. The first-order valence-electron chi connectivity index (χ1n) is 20.9. The van der Waals surface area contributed by atoms with E-state index in [-0.39, 0.29) is 34.5 Å². The Morgan fingerprint density at radius 3 is 2.06 bits per heavy atom. The number of benzene rings is 3. The summed E-state index contributed by atoms with van der Waals surface area (Å²) in [5, 5.41) is 5.34. The number of nitrogens with one attached hydrogen (secondary N) is 3. The number of likely N-dealkylation sites (N-methyl/N-ethyl adjacent to an activating group) is 1. The number of carbonyl (C=O) groups excluding carboxylic acids is 2. The van der Waals surface area contributed by atoms with Crippen LogP contribution < -0.4 is 29.7 Å². The molecule has 11 nitrogen and oxygen atoms in total. The highest BCUT2D eigenvalue weighted by atomic mass is 32.2. The van der Waals surface area contributed by atoms with Crippen molar-refractivity contribution in [3.8, 4) is 11.5 Å². The summed E-state index contributed by atoms with van der Waals surface area (Å²) in [4.78, 5) is 34.5. The predicted molar refractivity (Wildman–Crippen MR) is 236 cm³/mol. The van der Waals surface area contributed by atoms with Crippen LogP contribution in [0.25, 0.3) is 0 Å². The Morgan fingerprint density at radius 2 is 1.49 bits per heavy atom. The van der Waals surface area contributed by atoms with Gasteiger partial charge in [0.15, 0.2) is 18.6 Å². The van der Waals surface area contributed by atoms with Gasteiger partial charge in [-0.1, -0.05) is 67.0 Å². The number of sulfonamides is 1. The zero-order valence-electron chi connectivity index (χ0n) is 37.5. The molecular weight excluding hydrogens is 846 g/mol. The Bertz CT molecular complexity index is 2370. The fraction of sp³-hybridized carbons (Fsp3) is 0.457. The molecular formula is C46H58F5N5O6S. The molecule has 1 atom stereocenters. The summed E-state index contributed by atoms with van der Waals surface area (Å²) in [6.07, 6.45) is 5.03. The Morgan fingerprint density at radius 1 is 0.857 bits per heavy atom. The number of halogens is 5. The summed E-state index contributed by atoms with van der Waals surface area (Å²) in [5.74, 6) is -13.4. The molecule has 1 aliphatic carbocycles. The third-order valence-electron chi connectivity index (χ3n) is 11.3. The molecule has 4 rings (SSSR count). The van der Waals surface area contributed by atoms with Gasteiger partial charge in [-0.05, 0) is 85.4 Å². The van der Waals surface area contributed by atoms with Gasteiger partial charge in [-0.15, -0.1) is 0 Å². The van der Waals surface area contributed by atoms with Gasteiger partial charge in [0.2, 0.25) is 44.9 Å². The molecule has 3 N–H and O–H groups in total. The maximum absolute atomic E-state index is 14.3. The molecule has 63 heavy (non-hydrogen) atoms. The van der Waals surface area contributed by atoms with E-state index in [1.807, 2.05) is 36.9 Å². The number of ketones is 1.